The Morgan fingerprint density at radius 2 is 2.44 bits per heavy atom. The lowest BCUT2D eigenvalue weighted by molar-refractivity contribution is 0.0927. The summed E-state index contributed by atoms with van der Waals surface area (Å²) in [4.78, 5) is 11.5. The first-order chi connectivity index (χ1) is 7.76. The maximum atomic E-state index is 11.5. The van der Waals surface area contributed by atoms with Crippen LogP contribution in [0.3, 0.4) is 0 Å². The monoisotopic (exact) mass is 225 g/mol. The van der Waals surface area contributed by atoms with Crippen molar-refractivity contribution in [3.63, 3.8) is 0 Å². The number of carbonyl (C=O) groups is 1. The van der Waals surface area contributed by atoms with Gasteiger partial charge in [0.1, 0.15) is 0 Å². The van der Waals surface area contributed by atoms with Gasteiger partial charge in [-0.3, -0.25) is 4.79 Å². The first-order valence-electron chi connectivity index (χ1n) is 5.26. The van der Waals surface area contributed by atoms with Crippen molar-refractivity contribution >= 4 is 5.91 Å². The highest BCUT2D eigenvalue weighted by Crippen LogP contribution is 2.48. The molecule has 1 aliphatic carbocycles. The van der Waals surface area contributed by atoms with Crippen LogP contribution in [0.1, 0.15) is 29.9 Å². The summed E-state index contributed by atoms with van der Waals surface area (Å²) in [5.41, 5.74) is 0.232. The third-order valence-electron chi connectivity index (χ3n) is 2.97. The maximum absolute atomic E-state index is 11.5. The number of H-pyrrole nitrogens is 1. The van der Waals surface area contributed by atoms with E-state index in [1.54, 1.807) is 7.11 Å². The van der Waals surface area contributed by atoms with E-state index in [4.69, 9.17) is 4.74 Å². The number of hydrogen-bond donors (Lipinski definition) is 2. The number of amides is 1. The van der Waals surface area contributed by atoms with Crippen LogP contribution in [-0.2, 0) is 4.74 Å². The summed E-state index contributed by atoms with van der Waals surface area (Å²) in [5.74, 6) is -0.194. The smallest absolute Gasteiger partial charge is 0.292 e. The highest BCUT2D eigenvalue weighted by atomic mass is 16.5. The highest BCUT2D eigenvalue weighted by molar-refractivity contribution is 5.90. The third kappa shape index (κ3) is 2.54. The molecule has 7 heteroatoms. The lowest BCUT2D eigenvalue weighted by atomic mass is 10.0. The lowest BCUT2D eigenvalue weighted by Crippen LogP contribution is -2.31. The van der Waals surface area contributed by atoms with Gasteiger partial charge in [0.2, 0.25) is 0 Å². The molecule has 1 aliphatic rings. The first-order valence-corrected chi connectivity index (χ1v) is 5.26. The minimum Gasteiger partial charge on any atom is -0.385 e. The molecule has 0 aromatic carbocycles. The molecule has 0 atom stereocenters. The van der Waals surface area contributed by atoms with Gasteiger partial charge in [-0.15, -0.1) is 10.2 Å². The van der Waals surface area contributed by atoms with Crippen LogP contribution < -0.4 is 5.32 Å². The molecule has 0 spiro atoms. The van der Waals surface area contributed by atoms with E-state index < -0.39 is 0 Å². The van der Waals surface area contributed by atoms with Gasteiger partial charge >= 0.3 is 0 Å². The van der Waals surface area contributed by atoms with Crippen molar-refractivity contribution in [3.05, 3.63) is 5.82 Å². The fraction of sp³-hybridized carbons (Fsp3) is 0.778. The Morgan fingerprint density at radius 1 is 1.62 bits per heavy atom. The molecule has 0 radical (unpaired) electrons. The molecule has 0 unspecified atom stereocenters. The van der Waals surface area contributed by atoms with Gasteiger partial charge in [-0.2, -0.15) is 5.21 Å². The predicted molar refractivity (Wildman–Crippen MR) is 54.7 cm³/mol. The summed E-state index contributed by atoms with van der Waals surface area (Å²) in [6, 6.07) is 0. The van der Waals surface area contributed by atoms with Crippen LogP contribution in [0.25, 0.3) is 0 Å². The van der Waals surface area contributed by atoms with Crippen LogP contribution in [-0.4, -0.2) is 46.8 Å². The molecule has 1 aromatic rings. The Morgan fingerprint density at radius 3 is 3.00 bits per heavy atom. The Balaban J connectivity index is 1.77. The molecular formula is C9H15N5O2. The molecular weight excluding hydrogens is 210 g/mol. The Labute approximate surface area is 92.9 Å². The van der Waals surface area contributed by atoms with E-state index in [1.165, 1.54) is 0 Å². The molecule has 1 aromatic heterocycles. The van der Waals surface area contributed by atoms with Crippen molar-refractivity contribution in [1.29, 1.82) is 0 Å². The Bertz CT molecular complexity index is 347. The number of carbonyl (C=O) groups excluding carboxylic acids is 1. The van der Waals surface area contributed by atoms with Crippen LogP contribution in [0, 0.1) is 5.41 Å². The van der Waals surface area contributed by atoms with Crippen molar-refractivity contribution in [3.8, 4) is 0 Å². The highest BCUT2D eigenvalue weighted by Gasteiger charge is 2.42. The number of nitrogens with one attached hydrogen (secondary N) is 2. The predicted octanol–water partition coefficient (Wildman–Crippen LogP) is -0.254. The summed E-state index contributed by atoms with van der Waals surface area (Å²) in [6.45, 7) is 1.39. The summed E-state index contributed by atoms with van der Waals surface area (Å²) >= 11 is 0. The van der Waals surface area contributed by atoms with Gasteiger partial charge in [0, 0.05) is 20.3 Å². The van der Waals surface area contributed by atoms with Gasteiger partial charge in [-0.1, -0.05) is 0 Å². The minimum atomic E-state index is -0.280. The zero-order valence-corrected chi connectivity index (χ0v) is 9.19. The number of nitrogens with zero attached hydrogens (tertiary/aromatic N) is 3. The number of aromatic nitrogens is 4. The normalized spacial score (nSPS) is 17.1. The molecule has 0 aliphatic heterocycles. The average molecular weight is 225 g/mol. The van der Waals surface area contributed by atoms with Crippen molar-refractivity contribution in [2.24, 2.45) is 5.41 Å². The third-order valence-corrected chi connectivity index (χ3v) is 2.97. The number of tetrazole rings is 1. The van der Waals surface area contributed by atoms with Gasteiger partial charge in [-0.25, -0.2) is 0 Å². The number of rotatable bonds is 6. The van der Waals surface area contributed by atoms with E-state index >= 15 is 0 Å². The van der Waals surface area contributed by atoms with E-state index in [0.717, 1.165) is 25.9 Å². The van der Waals surface area contributed by atoms with Gasteiger partial charge in [0.25, 0.3) is 11.7 Å². The van der Waals surface area contributed by atoms with Gasteiger partial charge in [-0.05, 0) is 29.9 Å². The SMILES string of the molecule is COCCC1(CNC(=O)c2nn[nH]n2)CC1. The van der Waals surface area contributed by atoms with E-state index in [1.807, 2.05) is 0 Å². The second-order valence-corrected chi connectivity index (χ2v) is 4.16. The standard InChI is InChI=1S/C9H15N5O2/c1-16-5-4-9(2-3-9)6-10-8(15)7-11-13-14-12-7/h2-6H2,1H3,(H,10,15)(H,11,12,13,14). The maximum Gasteiger partial charge on any atom is 0.292 e. The Hall–Kier alpha value is -1.50. The molecule has 7 nitrogen and oxygen atoms in total. The fourth-order valence-corrected chi connectivity index (χ4v) is 1.62. The molecule has 0 bridgehead atoms. The van der Waals surface area contributed by atoms with E-state index in [2.05, 4.69) is 25.9 Å². The lowest BCUT2D eigenvalue weighted by Gasteiger charge is -2.14. The summed E-state index contributed by atoms with van der Waals surface area (Å²) in [6.07, 6.45) is 3.27. The quantitative estimate of drug-likeness (QED) is 0.696. The second kappa shape index (κ2) is 4.56. The first kappa shape index (κ1) is 11.0. The average Bonchev–Trinajstić information content (AvgIpc) is 2.85. The number of aromatic amines is 1. The zero-order valence-electron chi connectivity index (χ0n) is 9.19. The molecule has 2 rings (SSSR count). The van der Waals surface area contributed by atoms with Gasteiger partial charge in [0.15, 0.2) is 0 Å². The molecule has 1 amide bonds. The summed E-state index contributed by atoms with van der Waals surface area (Å²) in [7, 11) is 1.69. The van der Waals surface area contributed by atoms with Gasteiger partial charge < -0.3 is 10.1 Å². The van der Waals surface area contributed by atoms with E-state index in [9.17, 15) is 4.79 Å². The molecule has 1 heterocycles. The number of hydrogen-bond acceptors (Lipinski definition) is 5. The summed E-state index contributed by atoms with van der Waals surface area (Å²) in [5, 5.41) is 15.6. The van der Waals surface area contributed by atoms with E-state index in [0.29, 0.717) is 6.54 Å². The molecule has 1 saturated carbocycles. The molecule has 2 N–H and O–H groups in total. The largest absolute Gasteiger partial charge is 0.385 e. The van der Waals surface area contributed by atoms with Crippen LogP contribution in [0.15, 0.2) is 0 Å². The van der Waals surface area contributed by atoms with Gasteiger partial charge in [0.05, 0.1) is 0 Å². The van der Waals surface area contributed by atoms with Crippen LogP contribution in [0.2, 0.25) is 0 Å². The second-order valence-electron chi connectivity index (χ2n) is 4.16. The van der Waals surface area contributed by atoms with E-state index in [-0.39, 0.29) is 17.1 Å². The van der Waals surface area contributed by atoms with Crippen LogP contribution >= 0.6 is 0 Å². The fourth-order valence-electron chi connectivity index (χ4n) is 1.62. The summed E-state index contributed by atoms with van der Waals surface area (Å²) < 4.78 is 5.04. The van der Waals surface area contributed by atoms with Crippen LogP contribution in [0.4, 0.5) is 0 Å². The van der Waals surface area contributed by atoms with Crippen LogP contribution in [0.5, 0.6) is 0 Å². The molecule has 1 fully saturated rings. The number of methoxy groups -OCH3 is 1. The van der Waals surface area contributed by atoms with Crippen molar-refractivity contribution in [2.75, 3.05) is 20.3 Å². The molecule has 0 saturated heterocycles. The molecule has 16 heavy (non-hydrogen) atoms. The van der Waals surface area contributed by atoms with Crippen molar-refractivity contribution in [1.82, 2.24) is 25.9 Å². The molecule has 88 valence electrons. The Kier molecular flexibility index (Phi) is 3.14. The van der Waals surface area contributed by atoms with Crippen molar-refractivity contribution < 1.29 is 9.53 Å². The topological polar surface area (TPSA) is 92.8 Å². The minimum absolute atomic E-state index is 0.0857. The zero-order chi connectivity index (χ0) is 11.4. The number of ether oxygens (including phenoxy) is 1. The van der Waals surface area contributed by atoms with Crippen molar-refractivity contribution in [2.45, 2.75) is 19.3 Å².